The Balaban J connectivity index is 1.75. The summed E-state index contributed by atoms with van der Waals surface area (Å²) >= 11 is 3.57. The smallest absolute Gasteiger partial charge is 0.192 e. The van der Waals surface area contributed by atoms with Crippen LogP contribution in [0.3, 0.4) is 0 Å². The molecule has 5 nitrogen and oxygen atoms in total. The summed E-state index contributed by atoms with van der Waals surface area (Å²) in [5.74, 6) is 2.34. The molecule has 2 aromatic rings. The number of rotatable bonds is 3. The van der Waals surface area contributed by atoms with Crippen LogP contribution in [0.2, 0.25) is 0 Å². The first-order valence-corrected chi connectivity index (χ1v) is 9.30. The first kappa shape index (κ1) is 17.2. The predicted octanol–water partition coefficient (Wildman–Crippen LogP) is 4.75. The highest BCUT2D eigenvalue weighted by molar-refractivity contribution is 9.10. The normalized spacial score (nSPS) is 20.0. The number of hydrogen-bond acceptors (Lipinski definition) is 5. The summed E-state index contributed by atoms with van der Waals surface area (Å²) < 4.78 is 18.0. The molecule has 2 aromatic carbocycles. The monoisotopic (exact) mass is 416 g/mol. The lowest BCUT2D eigenvalue weighted by molar-refractivity contribution is -0.0911. The van der Waals surface area contributed by atoms with Gasteiger partial charge >= 0.3 is 0 Å². The Labute approximate surface area is 161 Å². The van der Waals surface area contributed by atoms with Gasteiger partial charge in [-0.3, -0.25) is 0 Å². The first-order valence-electron chi connectivity index (χ1n) is 8.50. The van der Waals surface area contributed by atoms with Gasteiger partial charge < -0.3 is 14.2 Å². The minimum atomic E-state index is -0.510. The summed E-state index contributed by atoms with van der Waals surface area (Å²) in [7, 11) is 3.28. The molecule has 0 saturated heterocycles. The van der Waals surface area contributed by atoms with Crippen molar-refractivity contribution in [1.82, 2.24) is 5.01 Å². The molecule has 0 radical (unpaired) electrons. The van der Waals surface area contributed by atoms with Gasteiger partial charge in [0.15, 0.2) is 17.2 Å². The highest BCUT2D eigenvalue weighted by Gasteiger charge is 2.44. The maximum Gasteiger partial charge on any atom is 0.192 e. The van der Waals surface area contributed by atoms with Crippen molar-refractivity contribution in [3.8, 4) is 17.2 Å². The molecule has 6 heteroatoms. The molecular weight excluding hydrogens is 396 g/mol. The van der Waals surface area contributed by atoms with Crippen LogP contribution in [-0.4, -0.2) is 30.7 Å². The zero-order valence-corrected chi connectivity index (χ0v) is 16.8. The minimum Gasteiger partial charge on any atom is -0.493 e. The van der Waals surface area contributed by atoms with Crippen LogP contribution in [0.4, 0.5) is 0 Å². The van der Waals surface area contributed by atoms with Crippen molar-refractivity contribution in [3.63, 3.8) is 0 Å². The first-order chi connectivity index (χ1) is 12.4. The standard InChI is InChI=1S/C20H21BrN2O3/c1-20(2)23-16(14-10-13(21)6-8-17(14)26-20)11-15(22-23)12-5-7-18(24-3)19(9-12)25-4/h5-10,16H,11H2,1-4H3/t16-/m0/s1. The molecule has 0 aliphatic carbocycles. The number of halogens is 1. The molecule has 0 saturated carbocycles. The summed E-state index contributed by atoms with van der Waals surface area (Å²) in [4.78, 5) is 0. The fourth-order valence-corrected chi connectivity index (χ4v) is 4.01. The molecule has 0 N–H and O–H groups in total. The molecule has 2 aliphatic rings. The predicted molar refractivity (Wildman–Crippen MR) is 104 cm³/mol. The van der Waals surface area contributed by atoms with Crippen molar-refractivity contribution in [3.05, 3.63) is 52.0 Å². The summed E-state index contributed by atoms with van der Waals surface area (Å²) in [6, 6.07) is 12.2. The minimum absolute atomic E-state index is 0.148. The van der Waals surface area contributed by atoms with Crippen LogP contribution < -0.4 is 14.2 Å². The SMILES string of the molecule is COc1ccc(C2=NN3[C@@H](C2)c2cc(Br)ccc2OC3(C)C)cc1OC. The maximum absolute atomic E-state index is 6.21. The summed E-state index contributed by atoms with van der Waals surface area (Å²) in [5.41, 5.74) is 2.69. The Kier molecular flexibility index (Phi) is 4.10. The maximum atomic E-state index is 6.21. The zero-order valence-electron chi connectivity index (χ0n) is 15.2. The fraction of sp³-hybridized carbons (Fsp3) is 0.350. The third-order valence-corrected chi connectivity index (χ3v) is 5.36. The highest BCUT2D eigenvalue weighted by Crippen LogP contribution is 2.47. The van der Waals surface area contributed by atoms with E-state index in [1.807, 2.05) is 44.2 Å². The second-order valence-corrected chi connectivity index (χ2v) is 7.83. The van der Waals surface area contributed by atoms with Gasteiger partial charge in [-0.05, 0) is 50.2 Å². The van der Waals surface area contributed by atoms with E-state index in [4.69, 9.17) is 19.3 Å². The average molecular weight is 417 g/mol. The molecule has 1 atom stereocenters. The lowest BCUT2D eigenvalue weighted by Gasteiger charge is -2.43. The van der Waals surface area contributed by atoms with Crippen LogP contribution in [0.1, 0.15) is 37.4 Å². The van der Waals surface area contributed by atoms with Crippen LogP contribution in [0.15, 0.2) is 46.0 Å². The number of nitrogens with zero attached hydrogens (tertiary/aromatic N) is 2. The lowest BCUT2D eigenvalue weighted by atomic mass is 9.95. The van der Waals surface area contributed by atoms with Gasteiger partial charge in [0.05, 0.1) is 26.0 Å². The van der Waals surface area contributed by atoms with E-state index in [0.29, 0.717) is 11.5 Å². The number of methoxy groups -OCH3 is 2. The van der Waals surface area contributed by atoms with Crippen LogP contribution >= 0.6 is 15.9 Å². The van der Waals surface area contributed by atoms with Crippen molar-refractivity contribution in [2.75, 3.05) is 14.2 Å². The van der Waals surface area contributed by atoms with E-state index in [9.17, 15) is 0 Å². The van der Waals surface area contributed by atoms with E-state index < -0.39 is 5.72 Å². The number of benzene rings is 2. The molecule has 2 aliphatic heterocycles. The van der Waals surface area contributed by atoms with Crippen molar-refractivity contribution in [2.24, 2.45) is 5.10 Å². The molecule has 26 heavy (non-hydrogen) atoms. The third kappa shape index (κ3) is 2.72. The highest BCUT2D eigenvalue weighted by atomic mass is 79.9. The molecule has 0 unspecified atom stereocenters. The largest absolute Gasteiger partial charge is 0.493 e. The van der Waals surface area contributed by atoms with Gasteiger partial charge in [-0.25, -0.2) is 5.01 Å². The second kappa shape index (κ2) is 6.20. The van der Waals surface area contributed by atoms with Crippen LogP contribution in [0, 0.1) is 0 Å². The summed E-state index contributed by atoms with van der Waals surface area (Å²) in [6.45, 7) is 4.10. The molecule has 0 fully saturated rings. The van der Waals surface area contributed by atoms with Crippen LogP contribution in [0.5, 0.6) is 17.2 Å². The van der Waals surface area contributed by atoms with Gasteiger partial charge in [-0.15, -0.1) is 0 Å². The molecule has 0 spiro atoms. The topological polar surface area (TPSA) is 43.3 Å². The van der Waals surface area contributed by atoms with E-state index in [-0.39, 0.29) is 6.04 Å². The van der Waals surface area contributed by atoms with Gasteiger partial charge in [0.25, 0.3) is 0 Å². The molecule has 0 amide bonds. The van der Waals surface area contributed by atoms with Gasteiger partial charge in [0, 0.05) is 22.0 Å². The van der Waals surface area contributed by atoms with E-state index >= 15 is 0 Å². The van der Waals surface area contributed by atoms with Crippen LogP contribution in [-0.2, 0) is 0 Å². The Bertz CT molecular complexity index is 895. The van der Waals surface area contributed by atoms with Gasteiger partial charge in [0.1, 0.15) is 5.75 Å². The zero-order chi connectivity index (χ0) is 18.5. The molecule has 0 bridgehead atoms. The fourth-order valence-electron chi connectivity index (χ4n) is 3.63. The summed E-state index contributed by atoms with van der Waals surface area (Å²) in [5, 5.41) is 6.97. The van der Waals surface area contributed by atoms with Gasteiger partial charge in [0.2, 0.25) is 0 Å². The van der Waals surface area contributed by atoms with E-state index in [1.165, 1.54) is 0 Å². The van der Waals surface area contributed by atoms with Gasteiger partial charge in [-0.2, -0.15) is 5.10 Å². The quantitative estimate of drug-likeness (QED) is 0.723. The average Bonchev–Trinajstić information content (AvgIpc) is 3.08. The molecule has 4 rings (SSSR count). The Morgan fingerprint density at radius 3 is 2.62 bits per heavy atom. The number of hydrazone groups is 1. The van der Waals surface area contributed by atoms with E-state index in [2.05, 4.69) is 27.0 Å². The second-order valence-electron chi connectivity index (χ2n) is 6.91. The van der Waals surface area contributed by atoms with E-state index in [1.54, 1.807) is 14.2 Å². The number of hydrogen-bond donors (Lipinski definition) is 0. The number of fused-ring (bicyclic) bond motifs is 3. The Morgan fingerprint density at radius 2 is 1.88 bits per heavy atom. The number of ether oxygens (including phenoxy) is 3. The summed E-state index contributed by atoms with van der Waals surface area (Å²) in [6.07, 6.45) is 0.811. The molecule has 2 heterocycles. The molecule has 136 valence electrons. The van der Waals surface area contributed by atoms with Crippen molar-refractivity contribution in [2.45, 2.75) is 32.0 Å². The van der Waals surface area contributed by atoms with E-state index in [0.717, 1.165) is 33.5 Å². The van der Waals surface area contributed by atoms with Gasteiger partial charge in [-0.1, -0.05) is 15.9 Å². The van der Waals surface area contributed by atoms with Crippen molar-refractivity contribution in [1.29, 1.82) is 0 Å². The third-order valence-electron chi connectivity index (χ3n) is 4.87. The van der Waals surface area contributed by atoms with Crippen LogP contribution in [0.25, 0.3) is 0 Å². The van der Waals surface area contributed by atoms with Crippen molar-refractivity contribution < 1.29 is 14.2 Å². The Hall–Kier alpha value is -2.21. The van der Waals surface area contributed by atoms with Crippen molar-refractivity contribution >= 4 is 21.6 Å². The molecule has 0 aromatic heterocycles. The lowest BCUT2D eigenvalue weighted by Crippen LogP contribution is -2.48. The Morgan fingerprint density at radius 1 is 1.12 bits per heavy atom. The molecular formula is C20H21BrN2O3.